The molecule has 2 aromatic heterocycles. The molecule has 3 aliphatic heterocycles. The predicted molar refractivity (Wildman–Crippen MR) is 241 cm³/mol. The van der Waals surface area contributed by atoms with Crippen LogP contribution in [0.3, 0.4) is 0 Å². The van der Waals surface area contributed by atoms with Crippen molar-refractivity contribution in [1.82, 2.24) is 24.9 Å². The number of thiazole rings is 1. The molecule has 5 heterocycles. The summed E-state index contributed by atoms with van der Waals surface area (Å²) >= 11 is 1.53. The molecule has 19 nitrogen and oxygen atoms in total. The van der Waals surface area contributed by atoms with E-state index in [0.29, 0.717) is 43.1 Å². The number of fused-ring (bicyclic) bond motifs is 2. The van der Waals surface area contributed by atoms with Crippen LogP contribution in [0.25, 0.3) is 0 Å². The molecule has 2 amide bonds. The Morgan fingerprint density at radius 3 is 2.52 bits per heavy atom. The molecule has 0 saturated carbocycles. The molecule has 3 aliphatic rings. The zero-order chi connectivity index (χ0) is 47.2. The number of esters is 1. The first-order chi connectivity index (χ1) is 32.4. The lowest BCUT2D eigenvalue weighted by molar-refractivity contribution is -0.157. The van der Waals surface area contributed by atoms with Crippen LogP contribution in [-0.4, -0.2) is 131 Å². The van der Waals surface area contributed by atoms with E-state index in [2.05, 4.69) is 20.6 Å². The number of hydrogen-bond acceptors (Lipinski definition) is 17. The van der Waals surface area contributed by atoms with Crippen molar-refractivity contribution in [2.24, 2.45) is 11.8 Å². The zero-order valence-electron chi connectivity index (χ0n) is 37.7. The maximum absolute atomic E-state index is 14.5. The fourth-order valence-electron chi connectivity index (χ4n) is 7.63. The van der Waals surface area contributed by atoms with E-state index in [1.165, 1.54) is 33.8 Å². The molecule has 21 heteroatoms. The van der Waals surface area contributed by atoms with Gasteiger partial charge >= 0.3 is 12.1 Å². The molecule has 4 aromatic rings. The molecule has 362 valence electrons. The van der Waals surface area contributed by atoms with Crippen molar-refractivity contribution >= 4 is 39.3 Å². The topological polar surface area (TPSA) is 221 Å². The summed E-state index contributed by atoms with van der Waals surface area (Å²) in [6, 6.07) is 16.0. The fourth-order valence-corrected chi connectivity index (χ4v) is 9.86. The van der Waals surface area contributed by atoms with Crippen LogP contribution in [0, 0.1) is 18.8 Å². The minimum absolute atomic E-state index is 0.00275. The minimum atomic E-state index is -4.27. The fraction of sp³-hybridized carbons (Fsp3) is 0.500. The maximum atomic E-state index is 14.5. The highest BCUT2D eigenvalue weighted by atomic mass is 32.2. The van der Waals surface area contributed by atoms with Gasteiger partial charge in [0.25, 0.3) is 0 Å². The van der Waals surface area contributed by atoms with E-state index < -0.39 is 53.2 Å². The number of sulfonamides is 1. The van der Waals surface area contributed by atoms with Gasteiger partial charge in [0.15, 0.2) is 17.8 Å². The second kappa shape index (κ2) is 24.0. The average Bonchev–Trinajstić information content (AvgIpc) is 4.14. The normalized spacial score (nSPS) is 18.4. The number of ether oxygens (including phenoxy) is 9. The number of pyridine rings is 1. The molecular formula is C46H57N5O14S2. The van der Waals surface area contributed by atoms with E-state index in [1.807, 2.05) is 56.5 Å². The van der Waals surface area contributed by atoms with E-state index in [1.54, 1.807) is 18.3 Å². The molecule has 2 fully saturated rings. The summed E-state index contributed by atoms with van der Waals surface area (Å²) in [6.07, 6.45) is -0.187. The van der Waals surface area contributed by atoms with E-state index >= 15 is 0 Å². The quantitative estimate of drug-likeness (QED) is 0.0702. The second-order valence-corrected chi connectivity index (χ2v) is 19.5. The highest BCUT2D eigenvalue weighted by molar-refractivity contribution is 7.89. The van der Waals surface area contributed by atoms with Gasteiger partial charge in [-0.15, -0.1) is 11.3 Å². The van der Waals surface area contributed by atoms with Gasteiger partial charge in [-0.25, -0.2) is 23.0 Å². The minimum Gasteiger partial charge on any atom is -0.487 e. The van der Waals surface area contributed by atoms with Gasteiger partial charge in [-0.1, -0.05) is 32.0 Å². The van der Waals surface area contributed by atoms with Crippen LogP contribution in [-0.2, 0) is 67.5 Å². The first-order valence-corrected chi connectivity index (χ1v) is 24.5. The first-order valence-electron chi connectivity index (χ1n) is 22.1. The van der Waals surface area contributed by atoms with E-state index in [4.69, 9.17) is 42.6 Å². The van der Waals surface area contributed by atoms with Gasteiger partial charge in [-0.05, 0) is 67.6 Å². The molecule has 0 unspecified atom stereocenters. The second-order valence-electron chi connectivity index (χ2n) is 16.5. The van der Waals surface area contributed by atoms with E-state index in [9.17, 15) is 22.8 Å². The molecule has 0 aliphatic carbocycles. The summed E-state index contributed by atoms with van der Waals surface area (Å²) in [5, 5.41) is 8.54. The van der Waals surface area contributed by atoms with Crippen LogP contribution in [0.15, 0.2) is 77.1 Å². The van der Waals surface area contributed by atoms with Crippen molar-refractivity contribution in [3.63, 3.8) is 0 Å². The van der Waals surface area contributed by atoms with Gasteiger partial charge in [0, 0.05) is 42.8 Å². The maximum Gasteiger partial charge on any atom is 0.407 e. The van der Waals surface area contributed by atoms with Gasteiger partial charge < -0.3 is 53.3 Å². The summed E-state index contributed by atoms with van der Waals surface area (Å²) in [7, 11) is -4.27. The molecule has 0 spiro atoms. The Kier molecular flexibility index (Phi) is 17.8. The van der Waals surface area contributed by atoms with Gasteiger partial charge in [0.2, 0.25) is 22.7 Å². The van der Waals surface area contributed by atoms with E-state index in [0.717, 1.165) is 16.4 Å². The molecule has 5 atom stereocenters. The van der Waals surface area contributed by atoms with E-state index in [-0.39, 0.29) is 87.7 Å². The number of hydrogen-bond donors (Lipinski definition) is 2. The highest BCUT2D eigenvalue weighted by Crippen LogP contribution is 2.36. The molecule has 67 heavy (non-hydrogen) atoms. The van der Waals surface area contributed by atoms with Crippen molar-refractivity contribution in [1.29, 1.82) is 0 Å². The summed E-state index contributed by atoms with van der Waals surface area (Å²) in [6.45, 7) is 5.71. The summed E-state index contributed by atoms with van der Waals surface area (Å²) in [5.74, 6) is -0.214. The third-order valence-corrected chi connectivity index (χ3v) is 13.5. The Labute approximate surface area is 393 Å². The van der Waals surface area contributed by atoms with Crippen molar-refractivity contribution in [2.75, 3.05) is 66.1 Å². The van der Waals surface area contributed by atoms with Crippen molar-refractivity contribution in [3.8, 4) is 17.2 Å². The molecule has 0 radical (unpaired) electrons. The molecule has 2 aromatic carbocycles. The lowest BCUT2D eigenvalue weighted by atomic mass is 10.0. The van der Waals surface area contributed by atoms with Gasteiger partial charge in [0.1, 0.15) is 37.8 Å². The highest BCUT2D eigenvalue weighted by Gasteiger charge is 2.44. The predicted octanol–water partition coefficient (Wildman–Crippen LogP) is 4.20. The zero-order valence-corrected chi connectivity index (χ0v) is 39.3. The standard InChI is InChI=1S/C46H57N5O14S2/c1-30(2)22-51(67(55,56)36-11-12-39-40(21-36)63-29-62-39)23-41(64-44(53)27-58-19-18-57-26-43(52)48-16-13-33-6-4-5-15-47-33)38(50-46(54)65-42-25-61-45-37(42)14-17-59-45)20-32-7-9-35(10-8-32)60-24-34-28-66-31(3)49-34/h4-12,15,21,28,30,37-38,41-42,45H,13-14,16-20,22-27,29H2,1-3H3,(H,48,52)(H,50,54)/t37-,38-,41+,42-,45+/m0/s1. The molecule has 7 rings (SSSR count). The van der Waals surface area contributed by atoms with Crippen LogP contribution in [0.2, 0.25) is 0 Å². The Bertz CT molecular complexity index is 2350. The number of amides is 2. The number of benzene rings is 2. The van der Waals surface area contributed by atoms with Crippen LogP contribution in [0.5, 0.6) is 17.2 Å². The summed E-state index contributed by atoms with van der Waals surface area (Å²) in [4.78, 5) is 48.5. The van der Waals surface area contributed by atoms with Gasteiger partial charge in [-0.2, -0.15) is 4.31 Å². The van der Waals surface area contributed by atoms with Crippen molar-refractivity contribution < 1.29 is 65.4 Å². The summed E-state index contributed by atoms with van der Waals surface area (Å²) < 4.78 is 81.6. The Morgan fingerprint density at radius 1 is 0.955 bits per heavy atom. The first kappa shape index (κ1) is 49.5. The van der Waals surface area contributed by atoms with Crippen LogP contribution >= 0.6 is 11.3 Å². The largest absolute Gasteiger partial charge is 0.487 e. The Balaban J connectivity index is 1.06. The van der Waals surface area contributed by atoms with Crippen LogP contribution in [0.4, 0.5) is 4.79 Å². The smallest absolute Gasteiger partial charge is 0.407 e. The molecule has 2 saturated heterocycles. The Morgan fingerprint density at radius 2 is 1.76 bits per heavy atom. The number of nitrogens with one attached hydrogen (secondary N) is 2. The monoisotopic (exact) mass is 967 g/mol. The summed E-state index contributed by atoms with van der Waals surface area (Å²) in [5.41, 5.74) is 2.36. The van der Waals surface area contributed by atoms with Crippen LogP contribution < -0.4 is 24.8 Å². The third-order valence-electron chi connectivity index (χ3n) is 10.9. The number of aryl methyl sites for hydroxylation is 1. The third kappa shape index (κ3) is 14.5. The average molecular weight is 968 g/mol. The number of aromatic nitrogens is 2. The lowest BCUT2D eigenvalue weighted by Crippen LogP contribution is -2.53. The molecular weight excluding hydrogens is 911 g/mol. The SMILES string of the molecule is Cc1nc(COc2ccc(C[C@H](NC(=O)O[C@H]3CO[C@H]4OCC[C@H]43)[C@@H](CN(CC(C)C)S(=O)(=O)c3ccc4c(c3)OCO4)OC(=O)COCCOCC(=O)NCCc3ccccn3)cc2)cs1. The lowest BCUT2D eigenvalue weighted by Gasteiger charge is -2.33. The van der Waals surface area contributed by atoms with Crippen molar-refractivity contribution in [2.45, 2.75) is 76.1 Å². The number of carbonyl (C=O) groups excluding carboxylic acids is 3. The van der Waals surface area contributed by atoms with Crippen molar-refractivity contribution in [3.05, 3.63) is 94.2 Å². The van der Waals surface area contributed by atoms with Gasteiger partial charge in [0.05, 0.1) is 60.5 Å². The molecule has 2 N–H and O–H groups in total. The Hall–Kier alpha value is -5.42. The number of nitrogens with zero attached hydrogens (tertiary/aromatic N) is 3. The number of alkyl carbamates (subject to hydrolysis) is 1. The molecule has 0 bridgehead atoms. The number of carbonyl (C=O) groups is 3. The van der Waals surface area contributed by atoms with Crippen LogP contribution in [0.1, 0.15) is 42.2 Å². The number of rotatable bonds is 25. The van der Waals surface area contributed by atoms with Gasteiger partial charge in [-0.3, -0.25) is 9.78 Å².